The number of rotatable bonds is 4. The minimum atomic E-state index is 0.0545. The predicted molar refractivity (Wildman–Crippen MR) is 71.8 cm³/mol. The monoisotopic (exact) mass is 251 g/mol. The fraction of sp³-hybridized carbons (Fsp3) is 0.615. The predicted octanol–water partition coefficient (Wildman–Crippen LogP) is 1.27. The van der Waals surface area contributed by atoms with Crippen LogP contribution in [0.2, 0.25) is 0 Å². The number of nitrogen functional groups attached to an aromatic ring is 1. The molecule has 2 heterocycles. The molecule has 18 heavy (non-hydrogen) atoms. The molecule has 0 aromatic carbocycles. The molecule has 1 unspecified atom stereocenters. The van der Waals surface area contributed by atoms with Gasteiger partial charge < -0.3 is 20.5 Å². The van der Waals surface area contributed by atoms with Crippen molar-refractivity contribution in [2.45, 2.75) is 26.4 Å². The number of aliphatic hydroxyl groups is 1. The van der Waals surface area contributed by atoms with E-state index in [1.807, 2.05) is 26.0 Å². The molecule has 2 rings (SSSR count). The Hall–Kier alpha value is -1.49. The molecule has 1 aliphatic rings. The van der Waals surface area contributed by atoms with Crippen LogP contribution < -0.4 is 15.4 Å². The van der Waals surface area contributed by atoms with Gasteiger partial charge in [0.2, 0.25) is 5.88 Å². The van der Waals surface area contributed by atoms with Gasteiger partial charge in [0.15, 0.2) is 0 Å². The fourth-order valence-electron chi connectivity index (χ4n) is 2.12. The van der Waals surface area contributed by atoms with Gasteiger partial charge in [0.1, 0.15) is 5.82 Å². The van der Waals surface area contributed by atoms with Crippen LogP contribution in [-0.4, -0.2) is 35.9 Å². The maximum atomic E-state index is 9.16. The van der Waals surface area contributed by atoms with Gasteiger partial charge in [-0.25, -0.2) is 0 Å². The van der Waals surface area contributed by atoms with Crippen LogP contribution in [0.5, 0.6) is 5.88 Å². The Bertz CT molecular complexity index is 409. The molecule has 0 bridgehead atoms. The lowest BCUT2D eigenvalue weighted by Gasteiger charge is -2.19. The van der Waals surface area contributed by atoms with Crippen molar-refractivity contribution in [3.63, 3.8) is 0 Å². The summed E-state index contributed by atoms with van der Waals surface area (Å²) in [4.78, 5) is 6.62. The number of hydrogen-bond acceptors (Lipinski definition) is 5. The molecule has 100 valence electrons. The standard InChI is InChI=1S/C13H21N3O2/c1-9(2)18-13-11(14)3-4-12(15-13)16-6-5-10(7-16)8-17/h3-4,9-10,17H,5-8,14H2,1-2H3. The number of ether oxygens (including phenoxy) is 1. The van der Waals surface area contributed by atoms with Crippen LogP contribution in [0.1, 0.15) is 20.3 Å². The van der Waals surface area contributed by atoms with Gasteiger partial charge in [-0.15, -0.1) is 0 Å². The number of pyridine rings is 1. The molecular formula is C13H21N3O2. The van der Waals surface area contributed by atoms with E-state index in [4.69, 9.17) is 15.6 Å². The zero-order valence-corrected chi connectivity index (χ0v) is 11.0. The van der Waals surface area contributed by atoms with Crippen LogP contribution in [0.3, 0.4) is 0 Å². The first-order valence-electron chi connectivity index (χ1n) is 6.39. The molecule has 1 aliphatic heterocycles. The van der Waals surface area contributed by atoms with Gasteiger partial charge in [-0.05, 0) is 32.4 Å². The first-order chi connectivity index (χ1) is 8.60. The molecular weight excluding hydrogens is 230 g/mol. The molecule has 1 aromatic heterocycles. The van der Waals surface area contributed by atoms with Crippen molar-refractivity contribution in [2.75, 3.05) is 30.3 Å². The van der Waals surface area contributed by atoms with Crippen LogP contribution in [0, 0.1) is 5.92 Å². The molecule has 0 radical (unpaired) electrons. The van der Waals surface area contributed by atoms with Crippen molar-refractivity contribution in [1.29, 1.82) is 0 Å². The Morgan fingerprint density at radius 2 is 2.33 bits per heavy atom. The van der Waals surface area contributed by atoms with E-state index in [1.54, 1.807) is 0 Å². The summed E-state index contributed by atoms with van der Waals surface area (Å²) in [6, 6.07) is 3.73. The topological polar surface area (TPSA) is 71.6 Å². The van der Waals surface area contributed by atoms with Gasteiger partial charge in [0.05, 0.1) is 11.8 Å². The van der Waals surface area contributed by atoms with E-state index in [0.29, 0.717) is 17.5 Å². The van der Waals surface area contributed by atoms with Crippen LogP contribution in [-0.2, 0) is 0 Å². The normalized spacial score (nSPS) is 19.6. The van der Waals surface area contributed by atoms with Gasteiger partial charge in [-0.2, -0.15) is 4.98 Å². The van der Waals surface area contributed by atoms with Crippen molar-refractivity contribution in [3.8, 4) is 5.88 Å². The maximum absolute atomic E-state index is 9.16. The lowest BCUT2D eigenvalue weighted by Crippen LogP contribution is -2.22. The number of aliphatic hydroxyl groups excluding tert-OH is 1. The third-order valence-corrected chi connectivity index (χ3v) is 3.09. The first-order valence-corrected chi connectivity index (χ1v) is 6.39. The van der Waals surface area contributed by atoms with Gasteiger partial charge in [0, 0.05) is 25.6 Å². The first kappa shape index (κ1) is 13.0. The Kier molecular flexibility index (Phi) is 3.91. The highest BCUT2D eigenvalue weighted by molar-refractivity contribution is 5.55. The highest BCUT2D eigenvalue weighted by Crippen LogP contribution is 2.27. The smallest absolute Gasteiger partial charge is 0.239 e. The second-order valence-corrected chi connectivity index (χ2v) is 5.01. The number of nitrogens with zero attached hydrogens (tertiary/aromatic N) is 2. The molecule has 5 nitrogen and oxygen atoms in total. The fourth-order valence-corrected chi connectivity index (χ4v) is 2.12. The van der Waals surface area contributed by atoms with Crippen LogP contribution >= 0.6 is 0 Å². The van der Waals surface area contributed by atoms with Crippen molar-refractivity contribution in [3.05, 3.63) is 12.1 Å². The second-order valence-electron chi connectivity index (χ2n) is 5.01. The molecule has 1 fully saturated rings. The van der Waals surface area contributed by atoms with E-state index in [-0.39, 0.29) is 12.7 Å². The molecule has 1 saturated heterocycles. The van der Waals surface area contributed by atoms with Gasteiger partial charge in [-0.3, -0.25) is 0 Å². The summed E-state index contributed by atoms with van der Waals surface area (Å²) in [5, 5.41) is 9.16. The van der Waals surface area contributed by atoms with E-state index in [0.717, 1.165) is 25.3 Å². The van der Waals surface area contributed by atoms with Crippen molar-refractivity contribution >= 4 is 11.5 Å². The zero-order chi connectivity index (χ0) is 13.1. The van der Waals surface area contributed by atoms with Gasteiger partial charge >= 0.3 is 0 Å². The summed E-state index contributed by atoms with van der Waals surface area (Å²) in [6.45, 7) is 5.90. The molecule has 5 heteroatoms. The summed E-state index contributed by atoms with van der Waals surface area (Å²) in [5.41, 5.74) is 6.40. The second kappa shape index (κ2) is 5.44. The van der Waals surface area contributed by atoms with E-state index in [9.17, 15) is 0 Å². The molecule has 1 aromatic rings. The quantitative estimate of drug-likeness (QED) is 0.843. The summed E-state index contributed by atoms with van der Waals surface area (Å²) >= 11 is 0. The SMILES string of the molecule is CC(C)Oc1nc(N2CCC(CO)C2)ccc1N. The van der Waals surface area contributed by atoms with Crippen molar-refractivity contribution in [2.24, 2.45) is 5.92 Å². The zero-order valence-electron chi connectivity index (χ0n) is 11.0. The highest BCUT2D eigenvalue weighted by Gasteiger charge is 2.23. The van der Waals surface area contributed by atoms with Crippen molar-refractivity contribution in [1.82, 2.24) is 4.98 Å². The average Bonchev–Trinajstić information content (AvgIpc) is 2.80. The summed E-state index contributed by atoms with van der Waals surface area (Å²) in [5.74, 6) is 1.71. The molecule has 0 aliphatic carbocycles. The molecule has 0 saturated carbocycles. The van der Waals surface area contributed by atoms with Crippen LogP contribution in [0.4, 0.5) is 11.5 Å². The summed E-state index contributed by atoms with van der Waals surface area (Å²) < 4.78 is 5.59. The van der Waals surface area contributed by atoms with Gasteiger partial charge in [0.25, 0.3) is 0 Å². The highest BCUT2D eigenvalue weighted by atomic mass is 16.5. The lowest BCUT2D eigenvalue weighted by molar-refractivity contribution is 0.234. The Labute approximate surface area is 108 Å². The minimum absolute atomic E-state index is 0.0545. The third kappa shape index (κ3) is 2.85. The minimum Gasteiger partial charge on any atom is -0.473 e. The number of aromatic nitrogens is 1. The number of nitrogens with two attached hydrogens (primary N) is 1. The molecule has 1 atom stereocenters. The number of hydrogen-bond donors (Lipinski definition) is 2. The average molecular weight is 251 g/mol. The maximum Gasteiger partial charge on any atom is 0.239 e. The van der Waals surface area contributed by atoms with E-state index in [2.05, 4.69) is 9.88 Å². The largest absolute Gasteiger partial charge is 0.473 e. The summed E-state index contributed by atoms with van der Waals surface area (Å²) in [7, 11) is 0. The molecule has 3 N–H and O–H groups in total. The third-order valence-electron chi connectivity index (χ3n) is 3.09. The Morgan fingerprint density at radius 3 is 2.94 bits per heavy atom. The van der Waals surface area contributed by atoms with E-state index < -0.39 is 0 Å². The Morgan fingerprint density at radius 1 is 1.56 bits per heavy atom. The van der Waals surface area contributed by atoms with Crippen molar-refractivity contribution < 1.29 is 9.84 Å². The lowest BCUT2D eigenvalue weighted by atomic mass is 10.1. The van der Waals surface area contributed by atoms with Gasteiger partial charge in [-0.1, -0.05) is 0 Å². The van der Waals surface area contributed by atoms with Crippen LogP contribution in [0.15, 0.2) is 12.1 Å². The van der Waals surface area contributed by atoms with E-state index >= 15 is 0 Å². The molecule has 0 amide bonds. The van der Waals surface area contributed by atoms with E-state index in [1.165, 1.54) is 0 Å². The molecule has 0 spiro atoms. The Balaban J connectivity index is 2.14. The summed E-state index contributed by atoms with van der Waals surface area (Å²) in [6.07, 6.45) is 1.06. The van der Waals surface area contributed by atoms with Crippen LogP contribution in [0.25, 0.3) is 0 Å². The number of anilines is 2.